The first-order chi connectivity index (χ1) is 12.1. The van der Waals surface area contributed by atoms with E-state index < -0.39 is 6.10 Å². The van der Waals surface area contributed by atoms with Gasteiger partial charge >= 0.3 is 0 Å². The summed E-state index contributed by atoms with van der Waals surface area (Å²) in [6.07, 6.45) is -0.727. The summed E-state index contributed by atoms with van der Waals surface area (Å²) in [6.45, 7) is 1.96. The molecular formula is C19H20N2O4. The number of nitrogens with one attached hydrogen (secondary N) is 1. The summed E-state index contributed by atoms with van der Waals surface area (Å²) in [5.41, 5.74) is 1.26. The molecule has 0 heterocycles. The minimum Gasteiger partial charge on any atom is -0.493 e. The predicted octanol–water partition coefficient (Wildman–Crippen LogP) is 2.66. The molecule has 0 aromatic heterocycles. The molecule has 1 N–H and O–H groups in total. The number of hydrogen-bond acceptors (Lipinski definition) is 5. The van der Waals surface area contributed by atoms with E-state index in [1.807, 2.05) is 12.1 Å². The Hall–Kier alpha value is -3.20. The lowest BCUT2D eigenvalue weighted by atomic mass is 10.2. The third-order valence-electron chi connectivity index (χ3n) is 3.60. The van der Waals surface area contributed by atoms with Crippen molar-refractivity contribution >= 4 is 5.91 Å². The van der Waals surface area contributed by atoms with Crippen LogP contribution in [-0.4, -0.2) is 26.2 Å². The molecule has 0 aliphatic rings. The van der Waals surface area contributed by atoms with E-state index >= 15 is 0 Å². The van der Waals surface area contributed by atoms with E-state index in [4.69, 9.17) is 19.5 Å². The lowest BCUT2D eigenvalue weighted by Gasteiger charge is -2.16. The summed E-state index contributed by atoms with van der Waals surface area (Å²) in [5, 5.41) is 11.9. The molecule has 1 amide bonds. The molecule has 2 aromatic rings. The summed E-state index contributed by atoms with van der Waals surface area (Å²) >= 11 is 0. The van der Waals surface area contributed by atoms with Crippen LogP contribution in [0.3, 0.4) is 0 Å². The monoisotopic (exact) mass is 340 g/mol. The van der Waals surface area contributed by atoms with Crippen molar-refractivity contribution in [3.63, 3.8) is 0 Å². The second-order valence-corrected chi connectivity index (χ2v) is 5.28. The van der Waals surface area contributed by atoms with Crippen molar-refractivity contribution < 1.29 is 19.0 Å². The summed E-state index contributed by atoms with van der Waals surface area (Å²) < 4.78 is 16.0. The Morgan fingerprint density at radius 3 is 2.52 bits per heavy atom. The lowest BCUT2D eigenvalue weighted by molar-refractivity contribution is -0.127. The van der Waals surface area contributed by atoms with Gasteiger partial charge in [0.25, 0.3) is 5.91 Å². The molecule has 0 aliphatic carbocycles. The van der Waals surface area contributed by atoms with Crippen LogP contribution in [0, 0.1) is 11.3 Å². The second-order valence-electron chi connectivity index (χ2n) is 5.28. The molecule has 0 radical (unpaired) electrons. The van der Waals surface area contributed by atoms with Crippen molar-refractivity contribution in [3.8, 4) is 23.3 Å². The van der Waals surface area contributed by atoms with Crippen LogP contribution < -0.4 is 19.5 Å². The maximum absolute atomic E-state index is 12.2. The maximum atomic E-state index is 12.2. The fraction of sp³-hybridized carbons (Fsp3) is 0.263. The van der Waals surface area contributed by atoms with Gasteiger partial charge in [-0.25, -0.2) is 0 Å². The molecule has 25 heavy (non-hydrogen) atoms. The summed E-state index contributed by atoms with van der Waals surface area (Å²) in [6, 6.07) is 14.3. The highest BCUT2D eigenvalue weighted by atomic mass is 16.5. The van der Waals surface area contributed by atoms with Gasteiger partial charge in [-0.1, -0.05) is 18.2 Å². The molecule has 0 fully saturated rings. The average molecular weight is 340 g/mol. The number of nitriles is 1. The number of carbonyl (C=O) groups excluding carboxylic acids is 1. The highest BCUT2D eigenvalue weighted by molar-refractivity contribution is 5.80. The van der Waals surface area contributed by atoms with Crippen molar-refractivity contribution in [2.24, 2.45) is 0 Å². The van der Waals surface area contributed by atoms with Gasteiger partial charge in [-0.05, 0) is 36.8 Å². The van der Waals surface area contributed by atoms with Crippen LogP contribution in [0.5, 0.6) is 17.2 Å². The number of ether oxygens (including phenoxy) is 3. The van der Waals surface area contributed by atoms with Gasteiger partial charge < -0.3 is 19.5 Å². The van der Waals surface area contributed by atoms with Crippen LogP contribution in [0.1, 0.15) is 18.1 Å². The molecule has 2 rings (SSSR count). The number of benzene rings is 2. The van der Waals surface area contributed by atoms with E-state index in [9.17, 15) is 4.79 Å². The van der Waals surface area contributed by atoms with Crippen LogP contribution in [0.25, 0.3) is 0 Å². The van der Waals surface area contributed by atoms with Gasteiger partial charge in [0.05, 0.1) is 19.8 Å². The average Bonchev–Trinajstić information content (AvgIpc) is 2.66. The van der Waals surface area contributed by atoms with Gasteiger partial charge in [-0.15, -0.1) is 0 Å². The van der Waals surface area contributed by atoms with E-state index in [2.05, 4.69) is 5.32 Å². The minimum absolute atomic E-state index is 0.275. The number of nitrogens with zero attached hydrogens (tertiary/aromatic N) is 1. The van der Waals surface area contributed by atoms with Crippen LogP contribution >= 0.6 is 0 Å². The standard InChI is InChI=1S/C19H20N2O4/c1-13(25-16-7-5-4-6-15(16)11-20)19(22)21-12-14-8-9-17(23-2)18(10-14)24-3/h4-10,13H,12H2,1-3H3,(H,21,22). The molecular weight excluding hydrogens is 320 g/mol. The number of methoxy groups -OCH3 is 2. The van der Waals surface area contributed by atoms with Crippen LogP contribution in [0.15, 0.2) is 42.5 Å². The molecule has 6 heteroatoms. The molecule has 130 valence electrons. The lowest BCUT2D eigenvalue weighted by Crippen LogP contribution is -2.36. The quantitative estimate of drug-likeness (QED) is 0.838. The Morgan fingerprint density at radius 2 is 1.84 bits per heavy atom. The third kappa shape index (κ3) is 4.64. The number of carbonyl (C=O) groups is 1. The molecule has 2 aromatic carbocycles. The fourth-order valence-corrected chi connectivity index (χ4v) is 2.23. The second kappa shape index (κ2) is 8.60. The Balaban J connectivity index is 1.97. The van der Waals surface area contributed by atoms with E-state index in [1.165, 1.54) is 0 Å². The van der Waals surface area contributed by atoms with Crippen LogP contribution in [0.2, 0.25) is 0 Å². The minimum atomic E-state index is -0.727. The van der Waals surface area contributed by atoms with Gasteiger partial charge in [-0.2, -0.15) is 5.26 Å². The molecule has 0 aliphatic heterocycles. The Bertz CT molecular complexity index is 783. The van der Waals surface area contributed by atoms with E-state index in [0.717, 1.165) is 5.56 Å². The van der Waals surface area contributed by atoms with E-state index in [1.54, 1.807) is 57.5 Å². The van der Waals surface area contributed by atoms with Crippen molar-refractivity contribution in [1.82, 2.24) is 5.32 Å². The number of para-hydroxylation sites is 1. The van der Waals surface area contributed by atoms with Crippen molar-refractivity contribution in [2.45, 2.75) is 19.6 Å². The first-order valence-corrected chi connectivity index (χ1v) is 7.73. The molecule has 1 unspecified atom stereocenters. The molecule has 6 nitrogen and oxygen atoms in total. The van der Waals surface area contributed by atoms with Crippen LogP contribution in [0.4, 0.5) is 0 Å². The van der Waals surface area contributed by atoms with Gasteiger partial charge in [0.1, 0.15) is 11.8 Å². The predicted molar refractivity (Wildman–Crippen MR) is 92.6 cm³/mol. The maximum Gasteiger partial charge on any atom is 0.261 e. The van der Waals surface area contributed by atoms with Gasteiger partial charge in [0, 0.05) is 6.54 Å². The SMILES string of the molecule is COc1ccc(CNC(=O)C(C)Oc2ccccc2C#N)cc1OC. The van der Waals surface area contributed by atoms with Crippen LogP contribution in [-0.2, 0) is 11.3 Å². The van der Waals surface area contributed by atoms with Gasteiger partial charge in [0.15, 0.2) is 17.6 Å². The molecule has 0 bridgehead atoms. The van der Waals surface area contributed by atoms with E-state index in [0.29, 0.717) is 29.4 Å². The van der Waals surface area contributed by atoms with Crippen molar-refractivity contribution in [1.29, 1.82) is 5.26 Å². The molecule has 0 saturated carbocycles. The topological polar surface area (TPSA) is 80.6 Å². The molecule has 0 spiro atoms. The highest BCUT2D eigenvalue weighted by Crippen LogP contribution is 2.27. The first-order valence-electron chi connectivity index (χ1n) is 7.73. The summed E-state index contributed by atoms with van der Waals surface area (Å²) in [5.74, 6) is 1.34. The Morgan fingerprint density at radius 1 is 1.12 bits per heavy atom. The Kier molecular flexibility index (Phi) is 6.24. The Labute approximate surface area is 146 Å². The summed E-state index contributed by atoms with van der Waals surface area (Å²) in [7, 11) is 3.13. The zero-order valence-corrected chi connectivity index (χ0v) is 14.4. The van der Waals surface area contributed by atoms with Gasteiger partial charge in [-0.3, -0.25) is 4.79 Å². The largest absolute Gasteiger partial charge is 0.493 e. The summed E-state index contributed by atoms with van der Waals surface area (Å²) in [4.78, 5) is 12.2. The number of amides is 1. The van der Waals surface area contributed by atoms with Gasteiger partial charge in [0.2, 0.25) is 0 Å². The third-order valence-corrected chi connectivity index (χ3v) is 3.60. The molecule has 1 atom stereocenters. The smallest absolute Gasteiger partial charge is 0.261 e. The van der Waals surface area contributed by atoms with Crippen molar-refractivity contribution in [2.75, 3.05) is 14.2 Å². The normalized spacial score (nSPS) is 11.1. The number of rotatable bonds is 7. The zero-order chi connectivity index (χ0) is 18.2. The van der Waals surface area contributed by atoms with E-state index in [-0.39, 0.29) is 5.91 Å². The highest BCUT2D eigenvalue weighted by Gasteiger charge is 2.16. The number of hydrogen-bond donors (Lipinski definition) is 1. The first kappa shape index (κ1) is 18.1. The fourth-order valence-electron chi connectivity index (χ4n) is 2.23. The van der Waals surface area contributed by atoms with Crippen molar-refractivity contribution in [3.05, 3.63) is 53.6 Å². The zero-order valence-electron chi connectivity index (χ0n) is 14.4. The molecule has 0 saturated heterocycles.